The molecule has 0 N–H and O–H groups in total. The Labute approximate surface area is 114 Å². The van der Waals surface area contributed by atoms with Crippen molar-refractivity contribution in [2.45, 2.75) is 25.8 Å². The van der Waals surface area contributed by atoms with E-state index >= 15 is 0 Å². The molecule has 1 saturated heterocycles. The van der Waals surface area contributed by atoms with E-state index in [0.717, 1.165) is 18.6 Å². The Balaban J connectivity index is 1.80. The number of urea groups is 1. The molecule has 0 aliphatic carbocycles. The van der Waals surface area contributed by atoms with Crippen molar-refractivity contribution in [3.8, 4) is 0 Å². The SMILES string of the molecule is C[C@H](CCc1ccco1)N(C)C(=O)N1CCOCC1. The number of morpholine rings is 1. The first kappa shape index (κ1) is 13.9. The van der Waals surface area contributed by atoms with Gasteiger partial charge in [-0.2, -0.15) is 0 Å². The molecule has 1 aromatic rings. The van der Waals surface area contributed by atoms with Crippen LogP contribution in [0.3, 0.4) is 0 Å². The number of ether oxygens (including phenoxy) is 1. The van der Waals surface area contributed by atoms with Crippen molar-refractivity contribution < 1.29 is 13.9 Å². The molecule has 0 radical (unpaired) electrons. The van der Waals surface area contributed by atoms with E-state index in [0.29, 0.717) is 26.3 Å². The monoisotopic (exact) mass is 266 g/mol. The fourth-order valence-electron chi connectivity index (χ4n) is 2.17. The molecule has 0 aromatic carbocycles. The smallest absolute Gasteiger partial charge is 0.320 e. The normalized spacial score (nSPS) is 17.3. The molecule has 1 aliphatic heterocycles. The summed E-state index contributed by atoms with van der Waals surface area (Å²) in [7, 11) is 1.87. The van der Waals surface area contributed by atoms with E-state index in [1.165, 1.54) is 0 Å². The molecular weight excluding hydrogens is 244 g/mol. The molecule has 1 aromatic heterocycles. The van der Waals surface area contributed by atoms with Gasteiger partial charge in [0.1, 0.15) is 5.76 Å². The average Bonchev–Trinajstić information content (AvgIpc) is 2.97. The summed E-state index contributed by atoms with van der Waals surface area (Å²) in [5.41, 5.74) is 0. The van der Waals surface area contributed by atoms with Crippen molar-refractivity contribution in [3.05, 3.63) is 24.2 Å². The van der Waals surface area contributed by atoms with Crippen molar-refractivity contribution in [1.82, 2.24) is 9.80 Å². The predicted octanol–water partition coefficient (Wildman–Crippen LogP) is 1.98. The summed E-state index contributed by atoms with van der Waals surface area (Å²) < 4.78 is 10.6. The van der Waals surface area contributed by atoms with Gasteiger partial charge in [0.2, 0.25) is 0 Å². The van der Waals surface area contributed by atoms with Crippen LogP contribution < -0.4 is 0 Å². The molecule has 0 spiro atoms. The molecule has 1 fully saturated rings. The van der Waals surface area contributed by atoms with Crippen LogP contribution in [0.1, 0.15) is 19.1 Å². The number of carbonyl (C=O) groups is 1. The van der Waals surface area contributed by atoms with E-state index in [-0.39, 0.29) is 12.1 Å². The van der Waals surface area contributed by atoms with Gasteiger partial charge in [0.25, 0.3) is 0 Å². The highest BCUT2D eigenvalue weighted by Gasteiger charge is 2.23. The lowest BCUT2D eigenvalue weighted by Gasteiger charge is -2.33. The molecule has 5 nitrogen and oxygen atoms in total. The van der Waals surface area contributed by atoms with Gasteiger partial charge in [-0.1, -0.05) is 0 Å². The first-order valence-electron chi connectivity index (χ1n) is 6.80. The third kappa shape index (κ3) is 3.73. The van der Waals surface area contributed by atoms with Gasteiger partial charge in [-0.3, -0.25) is 0 Å². The van der Waals surface area contributed by atoms with Crippen LogP contribution in [0.5, 0.6) is 0 Å². The van der Waals surface area contributed by atoms with Gasteiger partial charge in [0.05, 0.1) is 19.5 Å². The first-order valence-corrected chi connectivity index (χ1v) is 6.80. The van der Waals surface area contributed by atoms with Crippen molar-refractivity contribution in [1.29, 1.82) is 0 Å². The maximum atomic E-state index is 12.3. The van der Waals surface area contributed by atoms with E-state index in [1.807, 2.05) is 29.0 Å². The molecule has 1 atom stereocenters. The van der Waals surface area contributed by atoms with E-state index in [1.54, 1.807) is 6.26 Å². The maximum absolute atomic E-state index is 12.3. The molecule has 2 amide bonds. The van der Waals surface area contributed by atoms with Gasteiger partial charge < -0.3 is 19.0 Å². The maximum Gasteiger partial charge on any atom is 0.320 e. The number of rotatable bonds is 4. The largest absolute Gasteiger partial charge is 0.469 e. The molecule has 1 aliphatic rings. The highest BCUT2D eigenvalue weighted by Crippen LogP contribution is 2.11. The predicted molar refractivity (Wildman–Crippen MR) is 72.0 cm³/mol. The summed E-state index contributed by atoms with van der Waals surface area (Å²) in [5.74, 6) is 0.971. The Morgan fingerprint density at radius 2 is 2.21 bits per heavy atom. The summed E-state index contributed by atoms with van der Waals surface area (Å²) in [5, 5.41) is 0. The van der Waals surface area contributed by atoms with Crippen molar-refractivity contribution in [2.75, 3.05) is 33.4 Å². The summed E-state index contributed by atoms with van der Waals surface area (Å²) in [4.78, 5) is 15.9. The van der Waals surface area contributed by atoms with Gasteiger partial charge in [-0.25, -0.2) is 4.79 Å². The second-order valence-corrected chi connectivity index (χ2v) is 4.96. The van der Waals surface area contributed by atoms with Crippen LogP contribution in [0.2, 0.25) is 0 Å². The van der Waals surface area contributed by atoms with Gasteiger partial charge in [0.15, 0.2) is 0 Å². The van der Waals surface area contributed by atoms with Crippen LogP contribution in [0.15, 0.2) is 22.8 Å². The fraction of sp³-hybridized carbons (Fsp3) is 0.643. The molecular formula is C14H22N2O3. The second-order valence-electron chi connectivity index (χ2n) is 4.96. The summed E-state index contributed by atoms with van der Waals surface area (Å²) in [6.07, 6.45) is 3.44. The van der Waals surface area contributed by atoms with Crippen molar-refractivity contribution in [3.63, 3.8) is 0 Å². The van der Waals surface area contributed by atoms with Crippen LogP contribution in [-0.4, -0.2) is 55.2 Å². The lowest BCUT2D eigenvalue weighted by Crippen LogP contribution is -2.49. The second kappa shape index (κ2) is 6.61. The van der Waals surface area contributed by atoms with Crippen molar-refractivity contribution >= 4 is 6.03 Å². The minimum Gasteiger partial charge on any atom is -0.469 e. The minimum absolute atomic E-state index is 0.0928. The number of aryl methyl sites for hydroxylation is 1. The molecule has 19 heavy (non-hydrogen) atoms. The lowest BCUT2D eigenvalue weighted by atomic mass is 10.1. The lowest BCUT2D eigenvalue weighted by molar-refractivity contribution is 0.0423. The summed E-state index contributed by atoms with van der Waals surface area (Å²) in [6, 6.07) is 4.15. The zero-order valence-electron chi connectivity index (χ0n) is 11.7. The Hall–Kier alpha value is -1.49. The summed E-state index contributed by atoms with van der Waals surface area (Å²) >= 11 is 0. The molecule has 0 bridgehead atoms. The Morgan fingerprint density at radius 3 is 2.84 bits per heavy atom. The number of amides is 2. The standard InChI is InChI=1S/C14H22N2O3/c1-12(5-6-13-4-3-9-19-13)15(2)14(17)16-7-10-18-11-8-16/h3-4,9,12H,5-8,10-11H2,1-2H3/t12-/m1/s1. The van der Waals surface area contributed by atoms with Crippen LogP contribution in [0, 0.1) is 0 Å². The van der Waals surface area contributed by atoms with Gasteiger partial charge in [-0.05, 0) is 25.5 Å². The first-order chi connectivity index (χ1) is 9.18. The highest BCUT2D eigenvalue weighted by molar-refractivity contribution is 5.74. The van der Waals surface area contributed by atoms with Crippen LogP contribution in [0.25, 0.3) is 0 Å². The number of hydrogen-bond donors (Lipinski definition) is 0. The number of hydrogen-bond acceptors (Lipinski definition) is 3. The van der Waals surface area contributed by atoms with Gasteiger partial charge in [-0.15, -0.1) is 0 Å². The molecule has 2 rings (SSSR count). The Bertz CT molecular complexity index is 385. The third-order valence-corrected chi connectivity index (χ3v) is 3.63. The molecule has 0 unspecified atom stereocenters. The minimum atomic E-state index is 0.0928. The van der Waals surface area contributed by atoms with E-state index in [2.05, 4.69) is 6.92 Å². The molecule has 5 heteroatoms. The van der Waals surface area contributed by atoms with E-state index in [9.17, 15) is 4.79 Å². The zero-order chi connectivity index (χ0) is 13.7. The number of carbonyl (C=O) groups excluding carboxylic acids is 1. The van der Waals surface area contributed by atoms with E-state index in [4.69, 9.17) is 9.15 Å². The topological polar surface area (TPSA) is 45.9 Å². The number of furan rings is 1. The Kier molecular flexibility index (Phi) is 4.85. The van der Waals surface area contributed by atoms with Gasteiger partial charge in [0, 0.05) is 32.6 Å². The molecule has 2 heterocycles. The molecule has 106 valence electrons. The van der Waals surface area contributed by atoms with Crippen LogP contribution >= 0.6 is 0 Å². The highest BCUT2D eigenvalue weighted by atomic mass is 16.5. The van der Waals surface area contributed by atoms with Crippen molar-refractivity contribution in [2.24, 2.45) is 0 Å². The molecule has 0 saturated carbocycles. The zero-order valence-corrected chi connectivity index (χ0v) is 11.7. The quantitative estimate of drug-likeness (QED) is 0.837. The summed E-state index contributed by atoms with van der Waals surface area (Å²) in [6.45, 7) is 4.73. The van der Waals surface area contributed by atoms with Crippen LogP contribution in [-0.2, 0) is 11.2 Å². The fourth-order valence-corrected chi connectivity index (χ4v) is 2.17. The van der Waals surface area contributed by atoms with E-state index < -0.39 is 0 Å². The number of nitrogens with zero attached hydrogens (tertiary/aromatic N) is 2. The Morgan fingerprint density at radius 1 is 1.47 bits per heavy atom. The van der Waals surface area contributed by atoms with Gasteiger partial charge >= 0.3 is 6.03 Å². The third-order valence-electron chi connectivity index (χ3n) is 3.63. The average molecular weight is 266 g/mol. The van der Waals surface area contributed by atoms with Crippen LogP contribution in [0.4, 0.5) is 4.79 Å².